The molecule has 0 atom stereocenters. The van der Waals surface area contributed by atoms with Gasteiger partial charge in [0.1, 0.15) is 5.75 Å². The number of aryl methyl sites for hydroxylation is 1. The molecule has 112 valence electrons. The van der Waals surface area contributed by atoms with E-state index >= 15 is 0 Å². The van der Waals surface area contributed by atoms with Crippen molar-refractivity contribution in [2.75, 3.05) is 12.4 Å². The average molecular weight is 305 g/mol. The second-order valence-electron chi connectivity index (χ2n) is 4.73. The molecule has 1 N–H and O–H groups in total. The van der Waals surface area contributed by atoms with Gasteiger partial charge in [-0.2, -0.15) is 5.10 Å². The van der Waals surface area contributed by atoms with E-state index in [-0.39, 0.29) is 5.91 Å². The lowest BCUT2D eigenvalue weighted by Crippen LogP contribution is -2.19. The highest BCUT2D eigenvalue weighted by Crippen LogP contribution is 2.19. The molecule has 0 spiro atoms. The SMILES string of the molecule is CCCCOc1ccc(C)cc1C=NN=C1NC(=O)CS1. The number of hydrogen-bond acceptors (Lipinski definition) is 5. The van der Waals surface area contributed by atoms with Crippen LogP contribution in [0.25, 0.3) is 0 Å². The standard InChI is InChI=1S/C15H19N3O2S/c1-3-4-7-20-13-6-5-11(2)8-12(13)9-16-18-15-17-14(19)10-21-15/h5-6,8-9H,3-4,7,10H2,1-2H3,(H,17,18,19). The fourth-order valence-corrected chi connectivity index (χ4v) is 2.38. The molecule has 0 bridgehead atoms. The molecule has 1 amide bonds. The lowest BCUT2D eigenvalue weighted by molar-refractivity contribution is -0.116. The minimum absolute atomic E-state index is 0.0342. The van der Waals surface area contributed by atoms with Gasteiger partial charge in [0.25, 0.3) is 0 Å². The van der Waals surface area contributed by atoms with E-state index < -0.39 is 0 Å². The van der Waals surface area contributed by atoms with E-state index in [4.69, 9.17) is 4.74 Å². The van der Waals surface area contributed by atoms with Crippen LogP contribution in [0.5, 0.6) is 5.75 Å². The molecule has 1 saturated heterocycles. The summed E-state index contributed by atoms with van der Waals surface area (Å²) >= 11 is 1.35. The monoisotopic (exact) mass is 305 g/mol. The van der Waals surface area contributed by atoms with Crippen molar-refractivity contribution in [1.29, 1.82) is 0 Å². The highest BCUT2D eigenvalue weighted by atomic mass is 32.2. The van der Waals surface area contributed by atoms with Crippen LogP contribution in [0, 0.1) is 6.92 Å². The minimum atomic E-state index is -0.0342. The summed E-state index contributed by atoms with van der Waals surface area (Å²) in [6, 6.07) is 5.97. The van der Waals surface area contributed by atoms with Gasteiger partial charge < -0.3 is 10.1 Å². The third-order valence-corrected chi connectivity index (χ3v) is 3.72. The topological polar surface area (TPSA) is 63.1 Å². The maximum atomic E-state index is 11.0. The van der Waals surface area contributed by atoms with Gasteiger partial charge >= 0.3 is 0 Å². The maximum Gasteiger partial charge on any atom is 0.236 e. The molecular formula is C15H19N3O2S. The largest absolute Gasteiger partial charge is 0.493 e. The Hall–Kier alpha value is -1.82. The van der Waals surface area contributed by atoms with Crippen molar-refractivity contribution in [1.82, 2.24) is 5.32 Å². The van der Waals surface area contributed by atoms with Crippen LogP contribution in [0.3, 0.4) is 0 Å². The molecule has 0 radical (unpaired) electrons. The van der Waals surface area contributed by atoms with Gasteiger partial charge in [-0.05, 0) is 25.5 Å². The summed E-state index contributed by atoms with van der Waals surface area (Å²) < 4.78 is 5.76. The Morgan fingerprint density at radius 1 is 1.48 bits per heavy atom. The van der Waals surface area contributed by atoms with E-state index in [1.54, 1.807) is 6.21 Å². The number of amides is 1. The van der Waals surface area contributed by atoms with Gasteiger partial charge in [-0.3, -0.25) is 4.79 Å². The third-order valence-electron chi connectivity index (χ3n) is 2.85. The van der Waals surface area contributed by atoms with Crippen LogP contribution >= 0.6 is 11.8 Å². The van der Waals surface area contributed by atoms with Gasteiger partial charge in [0, 0.05) is 5.56 Å². The zero-order valence-corrected chi connectivity index (χ0v) is 13.1. The van der Waals surface area contributed by atoms with E-state index in [0.717, 1.165) is 29.7 Å². The van der Waals surface area contributed by atoms with Crippen LogP contribution in [0.15, 0.2) is 28.4 Å². The second kappa shape index (κ2) is 7.83. The van der Waals surface area contributed by atoms with Crippen LogP contribution in [0.1, 0.15) is 30.9 Å². The minimum Gasteiger partial charge on any atom is -0.493 e. The maximum absolute atomic E-state index is 11.0. The molecule has 6 heteroatoms. The summed E-state index contributed by atoms with van der Waals surface area (Å²) in [7, 11) is 0. The van der Waals surface area contributed by atoms with E-state index in [9.17, 15) is 4.79 Å². The van der Waals surface area contributed by atoms with E-state index in [1.807, 2.05) is 25.1 Å². The number of unbranched alkanes of at least 4 members (excludes halogenated alkanes) is 1. The summed E-state index contributed by atoms with van der Waals surface area (Å²) in [5.41, 5.74) is 2.03. The number of nitrogens with one attached hydrogen (secondary N) is 1. The Balaban J connectivity index is 2.06. The highest BCUT2D eigenvalue weighted by molar-refractivity contribution is 8.15. The van der Waals surface area contributed by atoms with Crippen LogP contribution in [-0.2, 0) is 4.79 Å². The van der Waals surface area contributed by atoms with Crippen molar-refractivity contribution in [2.24, 2.45) is 10.2 Å². The first-order chi connectivity index (χ1) is 10.2. The first-order valence-electron chi connectivity index (χ1n) is 6.96. The number of hydrogen-bond donors (Lipinski definition) is 1. The fourth-order valence-electron chi connectivity index (χ4n) is 1.75. The molecule has 1 aromatic carbocycles. The summed E-state index contributed by atoms with van der Waals surface area (Å²) in [4.78, 5) is 11.0. The second-order valence-corrected chi connectivity index (χ2v) is 5.69. The summed E-state index contributed by atoms with van der Waals surface area (Å²) in [5, 5.41) is 11.2. The predicted molar refractivity (Wildman–Crippen MR) is 87.2 cm³/mol. The van der Waals surface area contributed by atoms with E-state index in [0.29, 0.717) is 17.5 Å². The van der Waals surface area contributed by atoms with Crippen LogP contribution in [0.2, 0.25) is 0 Å². The zero-order valence-electron chi connectivity index (χ0n) is 12.3. The molecule has 21 heavy (non-hydrogen) atoms. The summed E-state index contributed by atoms with van der Waals surface area (Å²) in [6.45, 7) is 4.84. The molecular weight excluding hydrogens is 286 g/mol. The lowest BCUT2D eigenvalue weighted by Gasteiger charge is -2.08. The molecule has 1 aliphatic rings. The molecule has 5 nitrogen and oxygen atoms in total. The number of amidine groups is 1. The Labute approximate surface area is 128 Å². The van der Waals surface area contributed by atoms with Crippen molar-refractivity contribution < 1.29 is 9.53 Å². The number of rotatable bonds is 6. The number of carbonyl (C=O) groups is 1. The molecule has 1 heterocycles. The molecule has 0 aliphatic carbocycles. The van der Waals surface area contributed by atoms with Gasteiger partial charge in [0.2, 0.25) is 5.91 Å². The first-order valence-corrected chi connectivity index (χ1v) is 7.94. The van der Waals surface area contributed by atoms with Gasteiger partial charge in [0.15, 0.2) is 5.17 Å². The van der Waals surface area contributed by atoms with Crippen LogP contribution < -0.4 is 10.1 Å². The molecule has 0 unspecified atom stereocenters. The average Bonchev–Trinajstić information content (AvgIpc) is 2.87. The van der Waals surface area contributed by atoms with Gasteiger partial charge in [-0.1, -0.05) is 36.7 Å². The summed E-state index contributed by atoms with van der Waals surface area (Å²) in [6.07, 6.45) is 3.78. The van der Waals surface area contributed by atoms with E-state index in [2.05, 4.69) is 22.4 Å². The fraction of sp³-hybridized carbons (Fsp3) is 0.400. The molecule has 1 aliphatic heterocycles. The summed E-state index contributed by atoms with van der Waals surface area (Å²) in [5.74, 6) is 1.18. The van der Waals surface area contributed by atoms with Gasteiger partial charge in [-0.25, -0.2) is 0 Å². The molecule has 1 aromatic rings. The first kappa shape index (κ1) is 15.6. The quantitative estimate of drug-likeness (QED) is 0.499. The Bertz CT molecular complexity index is 570. The Morgan fingerprint density at radius 2 is 2.33 bits per heavy atom. The Morgan fingerprint density at radius 3 is 3.05 bits per heavy atom. The van der Waals surface area contributed by atoms with Gasteiger partial charge in [0.05, 0.1) is 18.6 Å². The normalized spacial score (nSPS) is 16.7. The smallest absolute Gasteiger partial charge is 0.236 e. The highest BCUT2D eigenvalue weighted by Gasteiger charge is 2.15. The third kappa shape index (κ3) is 4.90. The molecule has 2 rings (SSSR count). The van der Waals surface area contributed by atoms with Crippen LogP contribution in [0.4, 0.5) is 0 Å². The van der Waals surface area contributed by atoms with Crippen molar-refractivity contribution >= 4 is 29.1 Å². The number of ether oxygens (including phenoxy) is 1. The number of carbonyl (C=O) groups excluding carboxylic acids is 1. The van der Waals surface area contributed by atoms with Crippen molar-refractivity contribution in [3.05, 3.63) is 29.3 Å². The molecule has 1 fully saturated rings. The predicted octanol–water partition coefficient (Wildman–Crippen LogP) is 2.73. The molecule has 0 aromatic heterocycles. The number of nitrogens with zero attached hydrogens (tertiary/aromatic N) is 2. The van der Waals surface area contributed by atoms with Crippen LogP contribution in [-0.4, -0.2) is 29.6 Å². The van der Waals surface area contributed by atoms with Gasteiger partial charge in [-0.15, -0.1) is 5.10 Å². The van der Waals surface area contributed by atoms with E-state index in [1.165, 1.54) is 11.8 Å². The lowest BCUT2D eigenvalue weighted by atomic mass is 10.1. The number of thioether (sulfide) groups is 1. The van der Waals surface area contributed by atoms with Crippen molar-refractivity contribution in [3.63, 3.8) is 0 Å². The number of benzene rings is 1. The molecule has 0 saturated carbocycles. The van der Waals surface area contributed by atoms with Crippen molar-refractivity contribution in [3.8, 4) is 5.75 Å². The zero-order chi connectivity index (χ0) is 15.1. The van der Waals surface area contributed by atoms with Crippen molar-refractivity contribution in [2.45, 2.75) is 26.7 Å². The Kier molecular flexibility index (Phi) is 5.80.